The Bertz CT molecular complexity index is 931. The fourth-order valence-electron chi connectivity index (χ4n) is 2.68. The van der Waals surface area contributed by atoms with E-state index in [0.717, 1.165) is 17.3 Å². The Labute approximate surface area is 169 Å². The van der Waals surface area contributed by atoms with Gasteiger partial charge in [0.15, 0.2) is 0 Å². The van der Waals surface area contributed by atoms with Crippen LogP contribution in [0.1, 0.15) is 10.4 Å². The standard InChI is InChI=1S/C18H19ClN4O.2ClH/c1-23(2)10-9-21-18(24)12-6-3-5-11-16(20)15-13(19)7-4-8-14(15)22-17(11)12;;/h3-8H,9-10H2,1-2H3,(H2,20,22)(H,21,24);2*1H. The second-order valence-corrected chi connectivity index (χ2v) is 6.33. The van der Waals surface area contributed by atoms with Crippen molar-refractivity contribution >= 4 is 69.8 Å². The number of nitrogens with zero attached hydrogens (tertiary/aromatic N) is 2. The van der Waals surface area contributed by atoms with Gasteiger partial charge in [-0.3, -0.25) is 4.79 Å². The molecule has 3 aromatic rings. The molecule has 0 bridgehead atoms. The third kappa shape index (κ3) is 4.30. The molecule has 0 atom stereocenters. The van der Waals surface area contributed by atoms with Crippen molar-refractivity contribution in [2.45, 2.75) is 0 Å². The average Bonchev–Trinajstić information content (AvgIpc) is 2.54. The van der Waals surface area contributed by atoms with E-state index in [1.807, 2.05) is 43.3 Å². The van der Waals surface area contributed by atoms with Crippen LogP contribution in [-0.2, 0) is 0 Å². The molecule has 2 aromatic carbocycles. The molecule has 140 valence electrons. The predicted molar refractivity (Wildman–Crippen MR) is 114 cm³/mol. The summed E-state index contributed by atoms with van der Waals surface area (Å²) in [6.07, 6.45) is 0. The number of likely N-dealkylation sites (N-methyl/N-ethyl adjacent to an activating group) is 1. The average molecular weight is 416 g/mol. The lowest BCUT2D eigenvalue weighted by Gasteiger charge is -2.13. The van der Waals surface area contributed by atoms with Crippen molar-refractivity contribution in [2.75, 3.05) is 32.9 Å². The van der Waals surface area contributed by atoms with Crippen molar-refractivity contribution < 1.29 is 4.79 Å². The van der Waals surface area contributed by atoms with Gasteiger partial charge in [0, 0.05) is 23.9 Å². The van der Waals surface area contributed by atoms with Crippen LogP contribution in [0.4, 0.5) is 5.69 Å². The Morgan fingerprint density at radius 1 is 1.19 bits per heavy atom. The molecule has 1 aromatic heterocycles. The molecule has 0 saturated carbocycles. The molecule has 5 nitrogen and oxygen atoms in total. The minimum atomic E-state index is -0.157. The van der Waals surface area contributed by atoms with Gasteiger partial charge in [0.05, 0.1) is 27.3 Å². The Morgan fingerprint density at radius 2 is 1.88 bits per heavy atom. The number of nitrogen functional groups attached to an aromatic ring is 1. The van der Waals surface area contributed by atoms with Gasteiger partial charge in [0.1, 0.15) is 0 Å². The van der Waals surface area contributed by atoms with Crippen molar-refractivity contribution in [1.82, 2.24) is 15.2 Å². The van der Waals surface area contributed by atoms with Crippen LogP contribution in [0.25, 0.3) is 21.8 Å². The van der Waals surface area contributed by atoms with E-state index < -0.39 is 0 Å². The first-order valence-electron chi connectivity index (χ1n) is 7.68. The van der Waals surface area contributed by atoms with Gasteiger partial charge in [0.25, 0.3) is 5.91 Å². The van der Waals surface area contributed by atoms with Gasteiger partial charge in [-0.2, -0.15) is 0 Å². The summed E-state index contributed by atoms with van der Waals surface area (Å²) in [5.74, 6) is -0.157. The molecule has 1 amide bonds. The number of benzene rings is 2. The monoisotopic (exact) mass is 414 g/mol. The quantitative estimate of drug-likeness (QED) is 0.637. The summed E-state index contributed by atoms with van der Waals surface area (Å²) in [7, 11) is 3.92. The molecule has 26 heavy (non-hydrogen) atoms. The normalized spacial score (nSPS) is 10.5. The van der Waals surface area contributed by atoms with Gasteiger partial charge >= 0.3 is 0 Å². The second kappa shape index (κ2) is 9.24. The molecule has 1 heterocycles. The number of hydrogen-bond acceptors (Lipinski definition) is 4. The van der Waals surface area contributed by atoms with Gasteiger partial charge in [-0.1, -0.05) is 29.8 Å². The number of amides is 1. The van der Waals surface area contributed by atoms with E-state index in [1.165, 1.54) is 0 Å². The number of rotatable bonds is 4. The summed E-state index contributed by atoms with van der Waals surface area (Å²) < 4.78 is 0. The van der Waals surface area contributed by atoms with Gasteiger partial charge in [-0.15, -0.1) is 24.8 Å². The van der Waals surface area contributed by atoms with Crippen LogP contribution in [0.5, 0.6) is 0 Å². The maximum Gasteiger partial charge on any atom is 0.253 e. The Balaban J connectivity index is 0.00000169. The third-order valence-electron chi connectivity index (χ3n) is 3.91. The SMILES string of the molecule is CN(C)CCNC(=O)c1cccc2c(N)c3c(Cl)cccc3nc12.Cl.Cl. The molecule has 0 aliphatic heterocycles. The number of pyridine rings is 1. The van der Waals surface area contributed by atoms with Crippen LogP contribution >= 0.6 is 36.4 Å². The van der Waals surface area contributed by atoms with Crippen molar-refractivity contribution in [3.63, 3.8) is 0 Å². The molecule has 0 aliphatic carbocycles. The van der Waals surface area contributed by atoms with Crippen molar-refractivity contribution in [3.8, 4) is 0 Å². The Morgan fingerprint density at radius 3 is 2.58 bits per heavy atom. The number of carbonyl (C=O) groups excluding carboxylic acids is 1. The molecule has 3 rings (SSSR count). The van der Waals surface area contributed by atoms with Crippen molar-refractivity contribution in [3.05, 3.63) is 47.0 Å². The first-order chi connectivity index (χ1) is 11.5. The number of nitrogens with two attached hydrogens (primary N) is 1. The zero-order valence-electron chi connectivity index (χ0n) is 14.5. The van der Waals surface area contributed by atoms with Crippen LogP contribution in [0.15, 0.2) is 36.4 Å². The zero-order chi connectivity index (χ0) is 17.3. The van der Waals surface area contributed by atoms with E-state index >= 15 is 0 Å². The summed E-state index contributed by atoms with van der Waals surface area (Å²) >= 11 is 6.26. The van der Waals surface area contributed by atoms with Crippen LogP contribution in [0.2, 0.25) is 5.02 Å². The van der Waals surface area contributed by atoms with Gasteiger partial charge in [-0.05, 0) is 32.3 Å². The molecular weight excluding hydrogens is 395 g/mol. The highest BCUT2D eigenvalue weighted by Crippen LogP contribution is 2.34. The Hall–Kier alpha value is -1.79. The predicted octanol–water partition coefficient (Wildman–Crippen LogP) is 3.76. The number of carbonyl (C=O) groups is 1. The summed E-state index contributed by atoms with van der Waals surface area (Å²) in [5.41, 5.74) is 8.63. The lowest BCUT2D eigenvalue weighted by Crippen LogP contribution is -2.31. The van der Waals surface area contributed by atoms with Gasteiger partial charge in [0.2, 0.25) is 0 Å². The number of anilines is 1. The third-order valence-corrected chi connectivity index (χ3v) is 4.22. The second-order valence-electron chi connectivity index (χ2n) is 5.92. The lowest BCUT2D eigenvalue weighted by molar-refractivity contribution is 0.0952. The minimum Gasteiger partial charge on any atom is -0.398 e. The molecule has 0 aliphatic rings. The molecule has 0 fully saturated rings. The van der Waals surface area contributed by atoms with E-state index in [9.17, 15) is 4.79 Å². The number of halogens is 3. The maximum atomic E-state index is 12.5. The number of aromatic nitrogens is 1. The topological polar surface area (TPSA) is 71.2 Å². The fourth-order valence-corrected chi connectivity index (χ4v) is 2.95. The summed E-state index contributed by atoms with van der Waals surface area (Å²) in [6, 6.07) is 10.9. The summed E-state index contributed by atoms with van der Waals surface area (Å²) in [4.78, 5) is 19.2. The van der Waals surface area contributed by atoms with E-state index in [4.69, 9.17) is 17.3 Å². The zero-order valence-corrected chi connectivity index (χ0v) is 16.8. The highest BCUT2D eigenvalue weighted by molar-refractivity contribution is 6.37. The molecule has 0 radical (unpaired) electrons. The lowest BCUT2D eigenvalue weighted by atomic mass is 10.0. The number of nitrogens with one attached hydrogen (secondary N) is 1. The molecule has 3 N–H and O–H groups in total. The van der Waals surface area contributed by atoms with E-state index in [2.05, 4.69) is 10.3 Å². The van der Waals surface area contributed by atoms with Crippen molar-refractivity contribution in [1.29, 1.82) is 0 Å². The number of fused-ring (bicyclic) bond motifs is 2. The highest BCUT2D eigenvalue weighted by atomic mass is 35.5. The smallest absolute Gasteiger partial charge is 0.253 e. The molecule has 8 heteroatoms. The van der Waals surface area contributed by atoms with Crippen LogP contribution in [-0.4, -0.2) is 43.0 Å². The Kier molecular flexibility index (Phi) is 7.90. The molecule has 0 spiro atoms. The van der Waals surface area contributed by atoms with Gasteiger partial charge < -0.3 is 16.0 Å². The van der Waals surface area contributed by atoms with Crippen LogP contribution in [0, 0.1) is 0 Å². The largest absolute Gasteiger partial charge is 0.398 e. The maximum absolute atomic E-state index is 12.5. The van der Waals surface area contributed by atoms with E-state index in [-0.39, 0.29) is 30.7 Å². The molecular formula is C18H21Cl3N4O. The van der Waals surface area contributed by atoms with Crippen molar-refractivity contribution in [2.24, 2.45) is 0 Å². The molecule has 0 saturated heterocycles. The molecule has 0 unspecified atom stereocenters. The first kappa shape index (κ1) is 22.3. The summed E-state index contributed by atoms with van der Waals surface area (Å²) in [5, 5.41) is 4.92. The summed E-state index contributed by atoms with van der Waals surface area (Å²) in [6.45, 7) is 1.34. The minimum absolute atomic E-state index is 0. The van der Waals surface area contributed by atoms with Crippen LogP contribution in [0.3, 0.4) is 0 Å². The van der Waals surface area contributed by atoms with Gasteiger partial charge in [-0.25, -0.2) is 4.98 Å². The fraction of sp³-hybridized carbons (Fsp3) is 0.222. The number of hydrogen-bond donors (Lipinski definition) is 2. The van der Waals surface area contributed by atoms with E-state index in [1.54, 1.807) is 12.1 Å². The van der Waals surface area contributed by atoms with E-state index in [0.29, 0.717) is 33.9 Å². The highest BCUT2D eigenvalue weighted by Gasteiger charge is 2.15. The number of para-hydroxylation sites is 1. The van der Waals surface area contributed by atoms with Crippen LogP contribution < -0.4 is 11.1 Å². The first-order valence-corrected chi connectivity index (χ1v) is 8.06.